The Morgan fingerprint density at radius 3 is 3.00 bits per heavy atom. The Labute approximate surface area is 144 Å². The molecule has 2 aromatic rings. The van der Waals surface area contributed by atoms with Gasteiger partial charge in [-0.05, 0) is 41.1 Å². The molecule has 2 fully saturated rings. The van der Waals surface area contributed by atoms with Crippen molar-refractivity contribution in [2.75, 3.05) is 18.4 Å². The van der Waals surface area contributed by atoms with Crippen LogP contribution in [-0.4, -0.2) is 39.6 Å². The summed E-state index contributed by atoms with van der Waals surface area (Å²) in [5, 5.41) is 11.3. The van der Waals surface area contributed by atoms with Crippen LogP contribution in [0.15, 0.2) is 29.1 Å². The van der Waals surface area contributed by atoms with Crippen molar-refractivity contribution in [3.05, 3.63) is 34.7 Å². The molecule has 1 aliphatic heterocycles. The molecule has 126 valence electrons. The van der Waals surface area contributed by atoms with Gasteiger partial charge in [-0.1, -0.05) is 0 Å². The predicted octanol–water partition coefficient (Wildman–Crippen LogP) is 2.19. The molecule has 3 heterocycles. The second-order valence-electron chi connectivity index (χ2n) is 6.64. The van der Waals surface area contributed by atoms with Crippen molar-refractivity contribution in [1.29, 1.82) is 0 Å². The van der Waals surface area contributed by atoms with Gasteiger partial charge in [-0.2, -0.15) is 16.4 Å². The molecule has 0 aromatic carbocycles. The SMILES string of the molecule is O=C(Nc1ccnn1Cc1ccsc1)[C@@H]1CC(=O)N(CC2CC2)C1. The van der Waals surface area contributed by atoms with Gasteiger partial charge >= 0.3 is 0 Å². The number of nitrogens with zero attached hydrogens (tertiary/aromatic N) is 3. The minimum atomic E-state index is -0.263. The minimum Gasteiger partial charge on any atom is -0.342 e. The highest BCUT2D eigenvalue weighted by Gasteiger charge is 2.37. The quantitative estimate of drug-likeness (QED) is 0.873. The van der Waals surface area contributed by atoms with E-state index in [4.69, 9.17) is 0 Å². The Hall–Kier alpha value is -2.15. The standard InChI is InChI=1S/C17H20N4O2S/c22-16-7-14(10-20(16)8-12-1-2-12)17(23)19-15-3-5-18-21(15)9-13-4-6-24-11-13/h3-6,11-12,14H,1-2,7-10H2,(H,19,23)/t14-/m1/s1. The monoisotopic (exact) mass is 344 g/mol. The van der Waals surface area contributed by atoms with Gasteiger partial charge in [0.2, 0.25) is 11.8 Å². The highest BCUT2D eigenvalue weighted by molar-refractivity contribution is 7.07. The van der Waals surface area contributed by atoms with E-state index in [0.29, 0.717) is 31.2 Å². The maximum absolute atomic E-state index is 12.5. The third-order valence-electron chi connectivity index (χ3n) is 4.64. The zero-order valence-electron chi connectivity index (χ0n) is 13.4. The van der Waals surface area contributed by atoms with E-state index in [0.717, 1.165) is 12.1 Å². The maximum Gasteiger partial charge on any atom is 0.230 e. The number of aromatic nitrogens is 2. The molecule has 1 N–H and O–H groups in total. The van der Waals surface area contributed by atoms with E-state index in [1.165, 1.54) is 12.8 Å². The normalized spacial score (nSPS) is 20.6. The summed E-state index contributed by atoms with van der Waals surface area (Å²) in [6, 6.07) is 3.84. The number of carbonyl (C=O) groups excluding carboxylic acids is 2. The highest BCUT2D eigenvalue weighted by Crippen LogP contribution is 2.32. The van der Waals surface area contributed by atoms with Crippen molar-refractivity contribution in [2.45, 2.75) is 25.8 Å². The molecule has 4 rings (SSSR count). The van der Waals surface area contributed by atoms with Gasteiger partial charge in [-0.15, -0.1) is 0 Å². The van der Waals surface area contributed by atoms with Crippen molar-refractivity contribution >= 4 is 29.0 Å². The van der Waals surface area contributed by atoms with E-state index in [-0.39, 0.29) is 17.7 Å². The average Bonchev–Trinajstić information content (AvgIpc) is 2.94. The van der Waals surface area contributed by atoms with Crippen LogP contribution in [0, 0.1) is 11.8 Å². The van der Waals surface area contributed by atoms with Crippen LogP contribution in [-0.2, 0) is 16.1 Å². The Balaban J connectivity index is 1.38. The summed E-state index contributed by atoms with van der Waals surface area (Å²) >= 11 is 1.64. The molecule has 24 heavy (non-hydrogen) atoms. The Bertz CT molecular complexity index is 736. The van der Waals surface area contributed by atoms with Gasteiger partial charge in [0.1, 0.15) is 5.82 Å². The van der Waals surface area contributed by atoms with Gasteiger partial charge < -0.3 is 10.2 Å². The molecule has 6 nitrogen and oxygen atoms in total. The van der Waals surface area contributed by atoms with Crippen molar-refractivity contribution in [2.24, 2.45) is 11.8 Å². The lowest BCUT2D eigenvalue weighted by molar-refractivity contribution is -0.128. The fourth-order valence-electron chi connectivity index (χ4n) is 3.09. The Morgan fingerprint density at radius 1 is 1.38 bits per heavy atom. The molecule has 1 saturated heterocycles. The fraction of sp³-hybridized carbons (Fsp3) is 0.471. The van der Waals surface area contributed by atoms with E-state index in [2.05, 4.69) is 15.8 Å². The number of anilines is 1. The molecule has 0 radical (unpaired) electrons. The van der Waals surface area contributed by atoms with Gasteiger partial charge in [-0.25, -0.2) is 4.68 Å². The number of hydrogen-bond acceptors (Lipinski definition) is 4. The van der Waals surface area contributed by atoms with Crippen LogP contribution in [0.3, 0.4) is 0 Å². The first-order valence-electron chi connectivity index (χ1n) is 8.30. The molecule has 1 saturated carbocycles. The number of hydrogen-bond donors (Lipinski definition) is 1. The van der Waals surface area contributed by atoms with Gasteiger partial charge in [0.05, 0.1) is 18.7 Å². The van der Waals surface area contributed by atoms with Crippen molar-refractivity contribution in [3.63, 3.8) is 0 Å². The van der Waals surface area contributed by atoms with Crippen LogP contribution in [0.1, 0.15) is 24.8 Å². The summed E-state index contributed by atoms with van der Waals surface area (Å²) < 4.78 is 1.78. The lowest BCUT2D eigenvalue weighted by atomic mass is 10.1. The number of thiophene rings is 1. The van der Waals surface area contributed by atoms with Gasteiger partial charge in [0.15, 0.2) is 0 Å². The molecular formula is C17H20N4O2S. The van der Waals surface area contributed by atoms with Crippen molar-refractivity contribution in [1.82, 2.24) is 14.7 Å². The first kappa shape index (κ1) is 15.4. The molecule has 7 heteroatoms. The number of likely N-dealkylation sites (tertiary alicyclic amines) is 1. The number of rotatable bonds is 6. The second kappa shape index (κ2) is 6.39. The lowest BCUT2D eigenvalue weighted by Gasteiger charge is -2.16. The van der Waals surface area contributed by atoms with E-state index in [9.17, 15) is 9.59 Å². The van der Waals surface area contributed by atoms with Crippen LogP contribution in [0.5, 0.6) is 0 Å². The maximum atomic E-state index is 12.5. The van der Waals surface area contributed by atoms with Gasteiger partial charge in [0.25, 0.3) is 0 Å². The zero-order chi connectivity index (χ0) is 16.5. The molecule has 2 aliphatic rings. The predicted molar refractivity (Wildman–Crippen MR) is 91.7 cm³/mol. The fourth-order valence-corrected chi connectivity index (χ4v) is 3.74. The number of amides is 2. The Kier molecular flexibility index (Phi) is 4.10. The first-order valence-corrected chi connectivity index (χ1v) is 9.25. The molecule has 0 unspecified atom stereocenters. The van der Waals surface area contributed by atoms with Crippen molar-refractivity contribution < 1.29 is 9.59 Å². The number of nitrogens with one attached hydrogen (secondary N) is 1. The van der Waals surface area contributed by atoms with Crippen LogP contribution < -0.4 is 5.32 Å². The zero-order valence-corrected chi connectivity index (χ0v) is 14.2. The summed E-state index contributed by atoms with van der Waals surface area (Å²) in [5.41, 5.74) is 1.16. The van der Waals surface area contributed by atoms with E-state index in [1.807, 2.05) is 16.3 Å². The summed E-state index contributed by atoms with van der Waals surface area (Å²) in [6.45, 7) is 1.99. The van der Waals surface area contributed by atoms with E-state index < -0.39 is 0 Å². The summed E-state index contributed by atoms with van der Waals surface area (Å²) in [6.07, 6.45) is 4.42. The van der Waals surface area contributed by atoms with Crippen LogP contribution in [0.25, 0.3) is 0 Å². The molecule has 0 bridgehead atoms. The third-order valence-corrected chi connectivity index (χ3v) is 5.37. The largest absolute Gasteiger partial charge is 0.342 e. The minimum absolute atomic E-state index is 0.0892. The average molecular weight is 344 g/mol. The molecule has 0 spiro atoms. The topological polar surface area (TPSA) is 67.2 Å². The summed E-state index contributed by atoms with van der Waals surface area (Å²) in [5.74, 6) is 1.09. The van der Waals surface area contributed by atoms with Crippen LogP contribution in [0.4, 0.5) is 5.82 Å². The molecule has 1 aliphatic carbocycles. The van der Waals surface area contributed by atoms with Gasteiger partial charge in [-0.3, -0.25) is 9.59 Å². The summed E-state index contributed by atoms with van der Waals surface area (Å²) in [7, 11) is 0. The van der Waals surface area contributed by atoms with Gasteiger partial charge in [0, 0.05) is 25.6 Å². The first-order chi connectivity index (χ1) is 11.7. The summed E-state index contributed by atoms with van der Waals surface area (Å²) in [4.78, 5) is 26.4. The number of carbonyl (C=O) groups is 2. The lowest BCUT2D eigenvalue weighted by Crippen LogP contribution is -2.30. The highest BCUT2D eigenvalue weighted by atomic mass is 32.1. The molecule has 1 atom stereocenters. The molecular weight excluding hydrogens is 324 g/mol. The van der Waals surface area contributed by atoms with Crippen LogP contribution >= 0.6 is 11.3 Å². The third kappa shape index (κ3) is 3.36. The second-order valence-corrected chi connectivity index (χ2v) is 7.42. The van der Waals surface area contributed by atoms with E-state index in [1.54, 1.807) is 28.3 Å². The smallest absolute Gasteiger partial charge is 0.230 e. The molecule has 2 amide bonds. The van der Waals surface area contributed by atoms with E-state index >= 15 is 0 Å². The Morgan fingerprint density at radius 2 is 2.25 bits per heavy atom. The van der Waals surface area contributed by atoms with Crippen molar-refractivity contribution in [3.8, 4) is 0 Å². The van der Waals surface area contributed by atoms with Crippen LogP contribution in [0.2, 0.25) is 0 Å². The molecule has 2 aromatic heterocycles.